The number of aryl methyl sites for hydroxylation is 2. The van der Waals surface area contributed by atoms with E-state index in [1.54, 1.807) is 7.11 Å². The van der Waals surface area contributed by atoms with Crippen molar-refractivity contribution in [3.05, 3.63) is 45.4 Å². The molecule has 0 atom stereocenters. The number of ether oxygens (including phenoxy) is 1. The van der Waals surface area contributed by atoms with E-state index in [4.69, 9.17) is 4.74 Å². The molecule has 168 valence electrons. The first kappa shape index (κ1) is 23.3. The Labute approximate surface area is 189 Å². The van der Waals surface area contributed by atoms with E-state index in [1.807, 2.05) is 41.0 Å². The lowest BCUT2D eigenvalue weighted by Gasteiger charge is -2.22. The van der Waals surface area contributed by atoms with Gasteiger partial charge in [-0.3, -0.25) is 9.59 Å². The molecule has 1 aliphatic rings. The molecule has 0 spiro atoms. The van der Waals surface area contributed by atoms with Crippen molar-refractivity contribution in [2.45, 2.75) is 46.5 Å². The van der Waals surface area contributed by atoms with E-state index < -0.39 is 0 Å². The number of amides is 2. The number of hydrogen-bond donors (Lipinski definition) is 0. The Bertz CT molecular complexity index is 892. The van der Waals surface area contributed by atoms with Gasteiger partial charge in [-0.05, 0) is 43.4 Å². The van der Waals surface area contributed by atoms with Crippen molar-refractivity contribution in [3.8, 4) is 5.75 Å². The van der Waals surface area contributed by atoms with Crippen LogP contribution in [0.3, 0.4) is 0 Å². The number of rotatable bonds is 7. The highest BCUT2D eigenvalue weighted by atomic mass is 32.1. The Balaban J connectivity index is 1.54. The standard InChI is InChI=1S/C24H33N3O3S/c1-17(2)16-21-25-18(3)23(31-21)24(29)27-13-5-12-26(14-15-27)22(28)11-8-19-6-9-20(30-4)10-7-19/h6-7,9-10,17H,5,8,11-16H2,1-4H3. The number of thiazole rings is 1. The van der Waals surface area contributed by atoms with Gasteiger partial charge in [0.2, 0.25) is 5.91 Å². The normalized spacial score (nSPS) is 14.6. The Morgan fingerprint density at radius 2 is 1.77 bits per heavy atom. The molecule has 0 unspecified atom stereocenters. The van der Waals surface area contributed by atoms with Crippen molar-refractivity contribution in [2.75, 3.05) is 33.3 Å². The fourth-order valence-electron chi connectivity index (χ4n) is 3.80. The van der Waals surface area contributed by atoms with Crippen LogP contribution in [-0.4, -0.2) is 59.9 Å². The summed E-state index contributed by atoms with van der Waals surface area (Å²) < 4.78 is 5.18. The van der Waals surface area contributed by atoms with E-state index in [9.17, 15) is 9.59 Å². The molecular weight excluding hydrogens is 410 g/mol. The summed E-state index contributed by atoms with van der Waals surface area (Å²) in [4.78, 5) is 35.0. The summed E-state index contributed by atoms with van der Waals surface area (Å²) in [5.74, 6) is 1.54. The van der Waals surface area contributed by atoms with Crippen LogP contribution in [-0.2, 0) is 17.6 Å². The summed E-state index contributed by atoms with van der Waals surface area (Å²) in [7, 11) is 1.65. The third-order valence-corrected chi connectivity index (χ3v) is 6.71. The Kier molecular flexibility index (Phi) is 8.07. The van der Waals surface area contributed by atoms with Crippen LogP contribution in [0.5, 0.6) is 5.75 Å². The highest BCUT2D eigenvalue weighted by molar-refractivity contribution is 7.13. The number of nitrogens with zero attached hydrogens (tertiary/aromatic N) is 3. The van der Waals surface area contributed by atoms with E-state index >= 15 is 0 Å². The molecule has 1 aromatic heterocycles. The third kappa shape index (κ3) is 6.29. The van der Waals surface area contributed by atoms with E-state index in [1.165, 1.54) is 11.3 Å². The van der Waals surface area contributed by atoms with Crippen LogP contribution in [0.4, 0.5) is 0 Å². The molecule has 2 heterocycles. The molecule has 0 radical (unpaired) electrons. The molecule has 1 aliphatic heterocycles. The van der Waals surface area contributed by atoms with Crippen LogP contribution < -0.4 is 4.74 Å². The zero-order chi connectivity index (χ0) is 22.4. The maximum absolute atomic E-state index is 13.1. The van der Waals surface area contributed by atoms with Crippen molar-refractivity contribution in [1.29, 1.82) is 0 Å². The van der Waals surface area contributed by atoms with Gasteiger partial charge in [0.05, 0.1) is 17.8 Å². The number of carbonyl (C=O) groups excluding carboxylic acids is 2. The molecule has 6 nitrogen and oxygen atoms in total. The zero-order valence-electron chi connectivity index (χ0n) is 19.0. The maximum atomic E-state index is 13.1. The average molecular weight is 444 g/mol. The minimum Gasteiger partial charge on any atom is -0.497 e. The Morgan fingerprint density at radius 3 is 2.45 bits per heavy atom. The second kappa shape index (κ2) is 10.8. The molecular formula is C24H33N3O3S. The predicted octanol–water partition coefficient (Wildman–Crippen LogP) is 3.97. The van der Waals surface area contributed by atoms with Crippen molar-refractivity contribution >= 4 is 23.2 Å². The molecule has 0 saturated carbocycles. The predicted molar refractivity (Wildman–Crippen MR) is 124 cm³/mol. The summed E-state index contributed by atoms with van der Waals surface area (Å²) in [6.07, 6.45) is 2.89. The summed E-state index contributed by atoms with van der Waals surface area (Å²) in [5, 5.41) is 1.03. The van der Waals surface area contributed by atoms with Crippen LogP contribution in [0, 0.1) is 12.8 Å². The number of methoxy groups -OCH3 is 1. The van der Waals surface area contributed by atoms with Crippen LogP contribution in [0.25, 0.3) is 0 Å². The molecule has 2 amide bonds. The van der Waals surface area contributed by atoms with Gasteiger partial charge in [0.15, 0.2) is 0 Å². The minimum absolute atomic E-state index is 0.0533. The van der Waals surface area contributed by atoms with E-state index in [2.05, 4.69) is 18.8 Å². The van der Waals surface area contributed by atoms with Gasteiger partial charge in [0, 0.05) is 39.0 Å². The molecule has 1 aromatic carbocycles. The zero-order valence-corrected chi connectivity index (χ0v) is 19.8. The van der Waals surface area contributed by atoms with Gasteiger partial charge in [-0.15, -0.1) is 11.3 Å². The molecule has 31 heavy (non-hydrogen) atoms. The van der Waals surface area contributed by atoms with Gasteiger partial charge < -0.3 is 14.5 Å². The summed E-state index contributed by atoms with van der Waals surface area (Å²) in [5.41, 5.74) is 1.95. The lowest BCUT2D eigenvalue weighted by Crippen LogP contribution is -2.37. The number of hydrogen-bond acceptors (Lipinski definition) is 5. The highest BCUT2D eigenvalue weighted by Gasteiger charge is 2.25. The van der Waals surface area contributed by atoms with Gasteiger partial charge >= 0.3 is 0 Å². The molecule has 1 fully saturated rings. The first-order valence-corrected chi connectivity index (χ1v) is 11.8. The highest BCUT2D eigenvalue weighted by Crippen LogP contribution is 2.23. The van der Waals surface area contributed by atoms with Gasteiger partial charge in [-0.2, -0.15) is 0 Å². The average Bonchev–Trinajstić information content (AvgIpc) is 2.95. The molecule has 7 heteroatoms. The van der Waals surface area contributed by atoms with Gasteiger partial charge in [-0.25, -0.2) is 4.98 Å². The SMILES string of the molecule is COc1ccc(CCC(=O)N2CCCN(C(=O)c3sc(CC(C)C)nc3C)CC2)cc1. The second-order valence-electron chi connectivity index (χ2n) is 8.49. The monoisotopic (exact) mass is 443 g/mol. The lowest BCUT2D eigenvalue weighted by molar-refractivity contribution is -0.131. The van der Waals surface area contributed by atoms with E-state index in [-0.39, 0.29) is 11.8 Å². The lowest BCUT2D eigenvalue weighted by atomic mass is 10.1. The number of benzene rings is 1. The quantitative estimate of drug-likeness (QED) is 0.650. The summed E-state index contributed by atoms with van der Waals surface area (Å²) in [6, 6.07) is 7.84. The third-order valence-electron chi connectivity index (χ3n) is 5.54. The number of aromatic nitrogens is 1. The fraction of sp³-hybridized carbons (Fsp3) is 0.542. The van der Waals surface area contributed by atoms with Crippen molar-refractivity contribution in [2.24, 2.45) is 5.92 Å². The molecule has 1 saturated heterocycles. The van der Waals surface area contributed by atoms with Gasteiger partial charge in [0.1, 0.15) is 10.6 Å². The van der Waals surface area contributed by atoms with Crippen LogP contribution in [0.2, 0.25) is 0 Å². The fourth-order valence-corrected chi connectivity index (χ4v) is 5.05. The van der Waals surface area contributed by atoms with Crippen molar-refractivity contribution in [1.82, 2.24) is 14.8 Å². The second-order valence-corrected chi connectivity index (χ2v) is 9.58. The molecule has 3 rings (SSSR count). The molecule has 0 N–H and O–H groups in total. The molecule has 0 bridgehead atoms. The summed E-state index contributed by atoms with van der Waals surface area (Å²) in [6.45, 7) is 8.78. The summed E-state index contributed by atoms with van der Waals surface area (Å²) >= 11 is 1.52. The Morgan fingerprint density at radius 1 is 1.10 bits per heavy atom. The van der Waals surface area contributed by atoms with Crippen molar-refractivity contribution < 1.29 is 14.3 Å². The smallest absolute Gasteiger partial charge is 0.265 e. The van der Waals surface area contributed by atoms with Crippen LogP contribution in [0.1, 0.15) is 52.6 Å². The van der Waals surface area contributed by atoms with E-state index in [0.717, 1.165) is 39.7 Å². The maximum Gasteiger partial charge on any atom is 0.265 e. The Hall–Kier alpha value is -2.41. The molecule has 2 aromatic rings. The van der Waals surface area contributed by atoms with Crippen LogP contribution >= 0.6 is 11.3 Å². The van der Waals surface area contributed by atoms with Gasteiger partial charge in [-0.1, -0.05) is 26.0 Å². The minimum atomic E-state index is 0.0533. The first-order chi connectivity index (χ1) is 14.9. The topological polar surface area (TPSA) is 62.7 Å². The molecule has 0 aliphatic carbocycles. The van der Waals surface area contributed by atoms with Crippen molar-refractivity contribution in [3.63, 3.8) is 0 Å². The first-order valence-electron chi connectivity index (χ1n) is 11.0. The van der Waals surface area contributed by atoms with Gasteiger partial charge in [0.25, 0.3) is 5.91 Å². The van der Waals surface area contributed by atoms with E-state index in [0.29, 0.717) is 44.9 Å². The largest absolute Gasteiger partial charge is 0.497 e. The number of carbonyl (C=O) groups is 2. The van der Waals surface area contributed by atoms with Crippen LogP contribution in [0.15, 0.2) is 24.3 Å².